The van der Waals surface area contributed by atoms with Crippen LogP contribution in [0.3, 0.4) is 0 Å². The molecule has 1 unspecified atom stereocenters. The van der Waals surface area contributed by atoms with Crippen molar-refractivity contribution in [2.75, 3.05) is 0 Å². The van der Waals surface area contributed by atoms with Gasteiger partial charge in [0.05, 0.1) is 5.16 Å². The molecule has 3 rings (SSSR count). The molecule has 0 radical (unpaired) electrons. The number of hydrogen-bond donors (Lipinski definition) is 0. The Bertz CT molecular complexity index is 706. The maximum atomic E-state index is 4.43. The molecule has 1 atom stereocenters. The molecule has 0 aliphatic carbocycles. The summed E-state index contributed by atoms with van der Waals surface area (Å²) >= 11 is 0. The lowest BCUT2D eigenvalue weighted by atomic mass is 9.81. The van der Waals surface area contributed by atoms with Crippen LogP contribution in [0.4, 0.5) is 0 Å². The summed E-state index contributed by atoms with van der Waals surface area (Å²) in [5, 5.41) is -0.329. The normalized spacial score (nSPS) is 11.1. The molecule has 3 aromatic carbocycles. The smallest absolute Gasteiger partial charge is 0.0591 e. The van der Waals surface area contributed by atoms with E-state index in [1.807, 2.05) is 18.2 Å². The van der Waals surface area contributed by atoms with Gasteiger partial charge in [0.15, 0.2) is 0 Å². The molecule has 22 heavy (non-hydrogen) atoms. The highest BCUT2D eigenvalue weighted by Crippen LogP contribution is 2.48. The van der Waals surface area contributed by atoms with Crippen LogP contribution in [0.1, 0.15) is 16.7 Å². The van der Waals surface area contributed by atoms with Gasteiger partial charge in [-0.05, 0) is 22.3 Å². The zero-order valence-electron chi connectivity index (χ0n) is 12.4. The van der Waals surface area contributed by atoms with E-state index in [2.05, 4.69) is 88.6 Å². The summed E-state index contributed by atoms with van der Waals surface area (Å²) in [6.45, 7) is 4.43. The van der Waals surface area contributed by atoms with Crippen LogP contribution in [0.25, 0.3) is 5.57 Å². The summed E-state index contributed by atoms with van der Waals surface area (Å²) in [7, 11) is 3.03. The lowest BCUT2D eigenvalue weighted by Crippen LogP contribution is -2.21. The molecular formula is C21H19P. The average molecular weight is 302 g/mol. The molecule has 0 heterocycles. The molecule has 0 amide bonds. The van der Waals surface area contributed by atoms with E-state index in [9.17, 15) is 0 Å². The minimum atomic E-state index is -0.329. The molecular weight excluding hydrogens is 283 g/mol. The second-order valence-electron chi connectivity index (χ2n) is 5.38. The van der Waals surface area contributed by atoms with Crippen molar-refractivity contribution in [3.8, 4) is 0 Å². The first-order chi connectivity index (χ1) is 10.7. The fourth-order valence-corrected chi connectivity index (χ4v) is 3.34. The monoisotopic (exact) mass is 302 g/mol. The van der Waals surface area contributed by atoms with Crippen molar-refractivity contribution in [3.05, 3.63) is 114 Å². The minimum Gasteiger partial charge on any atom is -0.117 e. The molecule has 0 aromatic heterocycles. The zero-order chi connectivity index (χ0) is 15.4. The van der Waals surface area contributed by atoms with Gasteiger partial charge in [-0.2, -0.15) is 0 Å². The third kappa shape index (κ3) is 2.63. The van der Waals surface area contributed by atoms with Crippen LogP contribution in [-0.4, -0.2) is 0 Å². The molecule has 0 saturated carbocycles. The summed E-state index contributed by atoms with van der Waals surface area (Å²) < 4.78 is 0. The molecule has 1 heteroatoms. The Kier molecular flexibility index (Phi) is 4.22. The van der Waals surface area contributed by atoms with Crippen LogP contribution >= 0.6 is 9.24 Å². The summed E-state index contributed by atoms with van der Waals surface area (Å²) in [5.41, 5.74) is 4.68. The molecule has 0 nitrogen and oxygen atoms in total. The molecule has 0 saturated heterocycles. The summed E-state index contributed by atoms with van der Waals surface area (Å²) in [6.07, 6.45) is 0. The van der Waals surface area contributed by atoms with Gasteiger partial charge in [0.2, 0.25) is 0 Å². The first-order valence-electron chi connectivity index (χ1n) is 7.37. The van der Waals surface area contributed by atoms with E-state index in [-0.39, 0.29) is 5.16 Å². The van der Waals surface area contributed by atoms with Gasteiger partial charge in [0, 0.05) is 0 Å². The molecule has 0 bridgehead atoms. The largest absolute Gasteiger partial charge is 0.117 e. The lowest BCUT2D eigenvalue weighted by molar-refractivity contribution is 0.966. The summed E-state index contributed by atoms with van der Waals surface area (Å²) in [4.78, 5) is 0. The molecule has 0 aliphatic heterocycles. The van der Waals surface area contributed by atoms with Gasteiger partial charge in [-0.15, -0.1) is 9.24 Å². The Morgan fingerprint density at radius 2 is 1.00 bits per heavy atom. The van der Waals surface area contributed by atoms with Crippen molar-refractivity contribution >= 4 is 14.8 Å². The van der Waals surface area contributed by atoms with Crippen LogP contribution in [0.2, 0.25) is 0 Å². The average Bonchev–Trinajstić information content (AvgIpc) is 2.62. The lowest BCUT2D eigenvalue weighted by Gasteiger charge is -2.33. The number of allylic oxidation sites excluding steroid dienone is 1. The molecule has 0 fully saturated rings. The summed E-state index contributed by atoms with van der Waals surface area (Å²) in [6, 6.07) is 31.4. The molecule has 0 N–H and O–H groups in total. The maximum Gasteiger partial charge on any atom is 0.0591 e. The Labute approximate surface area is 134 Å². The Morgan fingerprint density at radius 3 is 1.41 bits per heavy atom. The van der Waals surface area contributed by atoms with Crippen molar-refractivity contribution in [2.24, 2.45) is 0 Å². The van der Waals surface area contributed by atoms with Crippen LogP contribution < -0.4 is 0 Å². The van der Waals surface area contributed by atoms with Gasteiger partial charge >= 0.3 is 0 Å². The van der Waals surface area contributed by atoms with Gasteiger partial charge in [-0.3, -0.25) is 0 Å². The van der Waals surface area contributed by atoms with E-state index in [1.54, 1.807) is 0 Å². The predicted octanol–water partition coefficient (Wildman–Crippen LogP) is 5.52. The summed E-state index contributed by atoms with van der Waals surface area (Å²) in [5.74, 6) is 0. The van der Waals surface area contributed by atoms with Crippen LogP contribution in [0.5, 0.6) is 0 Å². The van der Waals surface area contributed by atoms with E-state index in [4.69, 9.17) is 0 Å². The van der Waals surface area contributed by atoms with E-state index in [1.165, 1.54) is 11.1 Å². The van der Waals surface area contributed by atoms with Crippen molar-refractivity contribution in [3.63, 3.8) is 0 Å². The number of hydrogen-bond acceptors (Lipinski definition) is 0. The van der Waals surface area contributed by atoms with E-state index in [0.29, 0.717) is 0 Å². The van der Waals surface area contributed by atoms with E-state index >= 15 is 0 Å². The van der Waals surface area contributed by atoms with Crippen LogP contribution in [-0.2, 0) is 5.16 Å². The van der Waals surface area contributed by atoms with Gasteiger partial charge < -0.3 is 0 Å². The highest BCUT2D eigenvalue weighted by Gasteiger charge is 2.32. The van der Waals surface area contributed by atoms with E-state index in [0.717, 1.165) is 11.1 Å². The van der Waals surface area contributed by atoms with Crippen LogP contribution in [0.15, 0.2) is 97.6 Å². The number of benzene rings is 3. The standard InChI is InChI=1S/C21H19P/c1-17(18-11-5-2-6-12-18)21(22,19-13-7-3-8-14-19)20-15-9-4-10-16-20/h2-16H,1,22H2. The second-order valence-corrected chi connectivity index (χ2v) is 6.25. The van der Waals surface area contributed by atoms with Crippen molar-refractivity contribution < 1.29 is 0 Å². The first-order valence-corrected chi connectivity index (χ1v) is 7.95. The van der Waals surface area contributed by atoms with Gasteiger partial charge in [-0.25, -0.2) is 0 Å². The highest BCUT2D eigenvalue weighted by molar-refractivity contribution is 7.20. The quantitative estimate of drug-likeness (QED) is 0.557. The topological polar surface area (TPSA) is 0 Å². The molecule has 3 aromatic rings. The second kappa shape index (κ2) is 6.30. The minimum absolute atomic E-state index is 0.329. The van der Waals surface area contributed by atoms with E-state index < -0.39 is 0 Å². The molecule has 108 valence electrons. The van der Waals surface area contributed by atoms with Gasteiger partial charge in [0.1, 0.15) is 0 Å². The third-order valence-corrected chi connectivity index (χ3v) is 5.07. The predicted molar refractivity (Wildman–Crippen MR) is 98.9 cm³/mol. The first kappa shape index (κ1) is 14.8. The Balaban J connectivity index is 2.18. The van der Waals surface area contributed by atoms with Gasteiger partial charge in [0.25, 0.3) is 0 Å². The van der Waals surface area contributed by atoms with Crippen molar-refractivity contribution in [2.45, 2.75) is 5.16 Å². The highest BCUT2D eigenvalue weighted by atomic mass is 31.0. The zero-order valence-corrected chi connectivity index (χ0v) is 13.6. The fraction of sp³-hybridized carbons (Fsp3) is 0.0476. The third-order valence-electron chi connectivity index (χ3n) is 4.06. The van der Waals surface area contributed by atoms with Crippen molar-refractivity contribution in [1.82, 2.24) is 0 Å². The molecule has 0 aliphatic rings. The number of rotatable bonds is 4. The maximum absolute atomic E-state index is 4.43. The van der Waals surface area contributed by atoms with Crippen LogP contribution in [0, 0.1) is 0 Å². The fourth-order valence-electron chi connectivity index (χ4n) is 2.78. The molecule has 0 spiro atoms. The SMILES string of the molecule is C=C(c1ccccc1)C(P)(c1ccccc1)c1ccccc1. The van der Waals surface area contributed by atoms with Gasteiger partial charge in [-0.1, -0.05) is 97.6 Å². The Hall–Kier alpha value is -2.17. The Morgan fingerprint density at radius 1 is 0.636 bits per heavy atom. The van der Waals surface area contributed by atoms with Crippen molar-refractivity contribution in [1.29, 1.82) is 0 Å².